The summed E-state index contributed by atoms with van der Waals surface area (Å²) in [5.74, 6) is -0.533. The maximum Gasteiger partial charge on any atom is 0.306 e. The number of allylic oxidation sites excluding steroid dienone is 3. The van der Waals surface area contributed by atoms with Crippen molar-refractivity contribution >= 4 is 19.7 Å². The first-order valence-electron chi connectivity index (χ1n) is 32.6. The van der Waals surface area contributed by atoms with Crippen molar-refractivity contribution in [2.75, 3.05) is 40.9 Å². The molecule has 0 aliphatic rings. The lowest BCUT2D eigenvalue weighted by Crippen LogP contribution is -2.47. The molecule has 0 saturated carbocycles. The molecule has 1 amide bonds. The first-order valence-corrected chi connectivity index (χ1v) is 34.1. The summed E-state index contributed by atoms with van der Waals surface area (Å²) in [5, 5.41) is 3.03. The van der Waals surface area contributed by atoms with Crippen molar-refractivity contribution in [3.63, 3.8) is 0 Å². The Labute approximate surface area is 466 Å². The van der Waals surface area contributed by atoms with Crippen LogP contribution in [0.3, 0.4) is 0 Å². The number of quaternary nitrogens is 1. The Balaban J connectivity index is 5.16. The topological polar surface area (TPSA) is 114 Å². The fraction of sp³-hybridized carbons (Fsp3) is 0.908. The van der Waals surface area contributed by atoms with Gasteiger partial charge in [0.15, 0.2) is 0 Å². The van der Waals surface area contributed by atoms with Crippen molar-refractivity contribution in [1.82, 2.24) is 5.32 Å². The Kier molecular flexibility index (Phi) is 54.7. The van der Waals surface area contributed by atoms with Crippen LogP contribution in [-0.2, 0) is 27.9 Å². The molecule has 0 aromatic heterocycles. The van der Waals surface area contributed by atoms with E-state index in [9.17, 15) is 19.0 Å². The standard InChI is InChI=1S/C65H127N2O7P/c1-7-10-13-16-19-22-25-28-30-32-33-34-35-36-38-40-43-46-49-52-55-58-65(69)74-63(56-53-50-47-44-41-27-24-21-18-15-12-9-3)62(61-73-75(70,71)72-60-59-67(4,5)6)66-64(68)57-54-51-48-45-42-39-37-31-29-26-23-20-17-14-11-8-2/h31,37,53,56,62-63H,7-30,32-36,38-52,54-55,57-61H2,1-6H3,(H-,66,68,70,71)/b37-31+,56-53+. The number of hydrogen-bond acceptors (Lipinski definition) is 7. The number of esters is 1. The van der Waals surface area contributed by atoms with E-state index in [4.69, 9.17) is 13.8 Å². The highest BCUT2D eigenvalue weighted by molar-refractivity contribution is 7.45. The van der Waals surface area contributed by atoms with Gasteiger partial charge in [-0.15, -0.1) is 0 Å². The van der Waals surface area contributed by atoms with E-state index in [1.165, 1.54) is 218 Å². The Hall–Kier alpha value is -1.51. The maximum atomic E-state index is 13.5. The smallest absolute Gasteiger partial charge is 0.306 e. The van der Waals surface area contributed by atoms with Crippen molar-refractivity contribution < 1.29 is 37.3 Å². The minimum absolute atomic E-state index is 0.0203. The number of hydrogen-bond donors (Lipinski definition) is 1. The van der Waals surface area contributed by atoms with Crippen LogP contribution in [0.1, 0.15) is 329 Å². The number of phosphoric ester groups is 1. The molecule has 75 heavy (non-hydrogen) atoms. The average molecular weight is 1080 g/mol. The SMILES string of the molecule is CCCCCCCCC/C=C/CCCCCCCC(=O)NC(COP(=O)([O-])OCC[N+](C)(C)C)C(/C=C/CCCCCCCCCCCC)OC(=O)CCCCCCCCCCCCCCCCCCCCCCC. The molecule has 0 fully saturated rings. The molecule has 444 valence electrons. The number of likely N-dealkylation sites (N-methyl/N-ethyl adjacent to an activating group) is 1. The first kappa shape index (κ1) is 73.5. The maximum absolute atomic E-state index is 13.5. The number of ether oxygens (including phenoxy) is 1. The van der Waals surface area contributed by atoms with E-state index in [-0.39, 0.29) is 31.5 Å². The largest absolute Gasteiger partial charge is 0.756 e. The van der Waals surface area contributed by atoms with E-state index in [2.05, 4.69) is 38.2 Å². The summed E-state index contributed by atoms with van der Waals surface area (Å²) in [6, 6.07) is -0.887. The van der Waals surface area contributed by atoms with E-state index >= 15 is 0 Å². The highest BCUT2D eigenvalue weighted by Crippen LogP contribution is 2.38. The van der Waals surface area contributed by atoms with Gasteiger partial charge < -0.3 is 28.5 Å². The molecular formula is C65H127N2O7P. The van der Waals surface area contributed by atoms with E-state index in [1.807, 2.05) is 33.3 Å². The lowest BCUT2D eigenvalue weighted by atomic mass is 10.0. The monoisotopic (exact) mass is 1080 g/mol. The average Bonchev–Trinajstić information content (AvgIpc) is 3.37. The van der Waals surface area contributed by atoms with Crippen molar-refractivity contribution in [3.05, 3.63) is 24.3 Å². The second-order valence-corrected chi connectivity index (χ2v) is 25.0. The number of carbonyl (C=O) groups excluding carboxylic acids is 2. The molecular weight excluding hydrogens is 952 g/mol. The second kappa shape index (κ2) is 55.8. The predicted octanol–water partition coefficient (Wildman–Crippen LogP) is 19.5. The van der Waals surface area contributed by atoms with Gasteiger partial charge in [-0.05, 0) is 57.4 Å². The van der Waals surface area contributed by atoms with Crippen molar-refractivity contribution in [3.8, 4) is 0 Å². The third kappa shape index (κ3) is 57.0. The van der Waals surface area contributed by atoms with Gasteiger partial charge in [-0.1, -0.05) is 283 Å². The summed E-state index contributed by atoms with van der Waals surface area (Å²) in [4.78, 5) is 40.0. The van der Waals surface area contributed by atoms with Gasteiger partial charge in [0.05, 0.1) is 33.8 Å². The highest BCUT2D eigenvalue weighted by Gasteiger charge is 2.27. The summed E-state index contributed by atoms with van der Waals surface area (Å²) in [5.41, 5.74) is 0. The van der Waals surface area contributed by atoms with Gasteiger partial charge in [-0.3, -0.25) is 14.2 Å². The Bertz CT molecular complexity index is 1340. The Morgan fingerprint density at radius 2 is 0.773 bits per heavy atom. The third-order valence-corrected chi connectivity index (χ3v) is 15.8. The third-order valence-electron chi connectivity index (χ3n) is 14.9. The van der Waals surface area contributed by atoms with E-state index in [0.29, 0.717) is 17.4 Å². The van der Waals surface area contributed by atoms with Crippen LogP contribution in [-0.4, -0.2) is 69.4 Å². The molecule has 3 unspecified atom stereocenters. The van der Waals surface area contributed by atoms with Crippen molar-refractivity contribution in [2.45, 2.75) is 341 Å². The minimum atomic E-state index is -4.70. The van der Waals surface area contributed by atoms with Gasteiger partial charge in [0.1, 0.15) is 19.3 Å². The molecule has 9 nitrogen and oxygen atoms in total. The van der Waals surface area contributed by atoms with Gasteiger partial charge in [0, 0.05) is 12.8 Å². The lowest BCUT2D eigenvalue weighted by Gasteiger charge is -2.30. The molecule has 0 aromatic carbocycles. The number of rotatable bonds is 60. The zero-order valence-electron chi connectivity index (χ0n) is 50.8. The minimum Gasteiger partial charge on any atom is -0.756 e. The molecule has 0 aromatic rings. The number of carbonyl (C=O) groups is 2. The number of nitrogens with one attached hydrogen (secondary N) is 1. The van der Waals surface area contributed by atoms with Gasteiger partial charge >= 0.3 is 5.97 Å². The zero-order valence-corrected chi connectivity index (χ0v) is 51.7. The van der Waals surface area contributed by atoms with Crippen LogP contribution >= 0.6 is 7.82 Å². The Morgan fingerprint density at radius 3 is 1.13 bits per heavy atom. The summed E-state index contributed by atoms with van der Waals surface area (Å²) in [6.07, 6.45) is 65.7. The molecule has 0 heterocycles. The predicted molar refractivity (Wildman–Crippen MR) is 321 cm³/mol. The van der Waals surface area contributed by atoms with Crippen LogP contribution < -0.4 is 10.2 Å². The van der Waals surface area contributed by atoms with Crippen LogP contribution in [0.15, 0.2) is 24.3 Å². The lowest BCUT2D eigenvalue weighted by molar-refractivity contribution is -0.870. The van der Waals surface area contributed by atoms with E-state index in [1.54, 1.807) is 0 Å². The van der Waals surface area contributed by atoms with Crippen LogP contribution in [0.5, 0.6) is 0 Å². The van der Waals surface area contributed by atoms with E-state index < -0.39 is 20.0 Å². The van der Waals surface area contributed by atoms with Gasteiger partial charge in [-0.2, -0.15) is 0 Å². The van der Waals surface area contributed by atoms with Crippen LogP contribution in [0.25, 0.3) is 0 Å². The first-order chi connectivity index (χ1) is 36.4. The number of phosphoric acid groups is 1. The fourth-order valence-corrected chi connectivity index (χ4v) is 10.5. The van der Waals surface area contributed by atoms with Gasteiger partial charge in [0.2, 0.25) is 5.91 Å². The van der Waals surface area contributed by atoms with Crippen molar-refractivity contribution in [2.24, 2.45) is 0 Å². The summed E-state index contributed by atoms with van der Waals surface area (Å²) in [7, 11) is 1.20. The molecule has 0 aliphatic heterocycles. The molecule has 0 rings (SSSR count). The molecule has 0 saturated heterocycles. The molecule has 0 bridgehead atoms. The van der Waals surface area contributed by atoms with Crippen molar-refractivity contribution in [1.29, 1.82) is 0 Å². The number of nitrogens with zero attached hydrogens (tertiary/aromatic N) is 1. The normalized spacial score (nSPS) is 13.7. The van der Waals surface area contributed by atoms with E-state index in [0.717, 1.165) is 77.0 Å². The molecule has 0 radical (unpaired) electrons. The van der Waals surface area contributed by atoms with Gasteiger partial charge in [-0.25, -0.2) is 0 Å². The number of unbranched alkanes of at least 4 members (excludes halogenated alkanes) is 42. The zero-order chi connectivity index (χ0) is 55.0. The number of amides is 1. The Morgan fingerprint density at radius 1 is 0.453 bits per heavy atom. The summed E-state index contributed by atoms with van der Waals surface area (Å²) < 4.78 is 30.4. The van der Waals surface area contributed by atoms with Crippen LogP contribution in [0.2, 0.25) is 0 Å². The molecule has 0 aliphatic carbocycles. The molecule has 0 spiro atoms. The second-order valence-electron chi connectivity index (χ2n) is 23.6. The summed E-state index contributed by atoms with van der Waals surface area (Å²) >= 11 is 0. The summed E-state index contributed by atoms with van der Waals surface area (Å²) in [6.45, 7) is 6.88. The molecule has 10 heteroatoms. The highest BCUT2D eigenvalue weighted by atomic mass is 31.2. The van der Waals surface area contributed by atoms with Crippen LogP contribution in [0.4, 0.5) is 0 Å². The molecule has 3 atom stereocenters. The molecule has 1 N–H and O–H groups in total. The fourth-order valence-electron chi connectivity index (χ4n) is 9.81. The van der Waals surface area contributed by atoms with Gasteiger partial charge in [0.25, 0.3) is 7.82 Å². The quantitative estimate of drug-likeness (QED) is 0.0212. The van der Waals surface area contributed by atoms with Crippen LogP contribution in [0, 0.1) is 0 Å².